The molecule has 1 N–H and O–H groups in total. The normalized spacial score (nSPS) is 15.2. The van der Waals surface area contributed by atoms with Gasteiger partial charge in [0.05, 0.1) is 12.4 Å². The van der Waals surface area contributed by atoms with E-state index in [4.69, 9.17) is 5.26 Å². The van der Waals surface area contributed by atoms with E-state index in [9.17, 15) is 0 Å². The van der Waals surface area contributed by atoms with Gasteiger partial charge in [0.1, 0.15) is 11.9 Å². The van der Waals surface area contributed by atoms with Gasteiger partial charge in [-0.2, -0.15) is 5.26 Å². The first kappa shape index (κ1) is 7.04. The van der Waals surface area contributed by atoms with E-state index in [1.54, 1.807) is 6.20 Å². The van der Waals surface area contributed by atoms with Gasteiger partial charge in [-0.05, 0) is 12.8 Å². The highest BCUT2D eigenvalue weighted by Crippen LogP contribution is 2.22. The van der Waals surface area contributed by atoms with Crippen LogP contribution >= 0.6 is 0 Å². The molecule has 60 valence electrons. The zero-order valence-corrected chi connectivity index (χ0v) is 6.49. The summed E-state index contributed by atoms with van der Waals surface area (Å²) in [4.78, 5) is 7.93. The number of nitrogens with zero attached hydrogens (tertiary/aromatic N) is 3. The lowest BCUT2D eigenvalue weighted by Crippen LogP contribution is -2.03. The zero-order valence-electron chi connectivity index (χ0n) is 6.49. The van der Waals surface area contributed by atoms with Crippen LogP contribution in [-0.4, -0.2) is 16.0 Å². The third-order valence-corrected chi connectivity index (χ3v) is 1.70. The van der Waals surface area contributed by atoms with E-state index in [-0.39, 0.29) is 0 Å². The molecule has 1 aliphatic rings. The molecule has 0 aromatic carbocycles. The van der Waals surface area contributed by atoms with Crippen LogP contribution < -0.4 is 5.32 Å². The topological polar surface area (TPSA) is 61.6 Å². The van der Waals surface area contributed by atoms with Crippen molar-refractivity contribution in [2.24, 2.45) is 0 Å². The molecule has 1 saturated carbocycles. The second-order valence-electron chi connectivity index (χ2n) is 2.82. The number of nitrogens with one attached hydrogen (secondary N) is 1. The quantitative estimate of drug-likeness (QED) is 0.698. The predicted octanol–water partition coefficient (Wildman–Crippen LogP) is 0.923. The van der Waals surface area contributed by atoms with Gasteiger partial charge in [0.15, 0.2) is 5.69 Å². The monoisotopic (exact) mass is 160 g/mol. The summed E-state index contributed by atoms with van der Waals surface area (Å²) >= 11 is 0. The Morgan fingerprint density at radius 2 is 2.25 bits per heavy atom. The highest BCUT2D eigenvalue weighted by Gasteiger charge is 2.21. The van der Waals surface area contributed by atoms with Crippen molar-refractivity contribution >= 4 is 5.82 Å². The maximum Gasteiger partial charge on any atom is 0.158 e. The lowest BCUT2D eigenvalue weighted by atomic mass is 10.5. The Labute approximate surface area is 70.3 Å². The third-order valence-electron chi connectivity index (χ3n) is 1.70. The van der Waals surface area contributed by atoms with E-state index >= 15 is 0 Å². The molecule has 0 amide bonds. The van der Waals surface area contributed by atoms with Gasteiger partial charge < -0.3 is 5.32 Å². The lowest BCUT2D eigenvalue weighted by molar-refractivity contribution is 1.08. The first-order valence-electron chi connectivity index (χ1n) is 3.87. The fourth-order valence-electron chi connectivity index (χ4n) is 0.897. The molecule has 0 bridgehead atoms. The maximum atomic E-state index is 8.45. The molecular formula is C8H8N4. The lowest BCUT2D eigenvalue weighted by Gasteiger charge is -2.00. The highest BCUT2D eigenvalue weighted by molar-refractivity contribution is 5.35. The summed E-state index contributed by atoms with van der Waals surface area (Å²) in [5.74, 6) is 0.761. The average Bonchev–Trinajstić information content (AvgIpc) is 2.90. The van der Waals surface area contributed by atoms with Gasteiger partial charge in [-0.15, -0.1) is 0 Å². The Kier molecular flexibility index (Phi) is 1.63. The van der Waals surface area contributed by atoms with Gasteiger partial charge in [0.25, 0.3) is 0 Å². The van der Waals surface area contributed by atoms with Crippen molar-refractivity contribution in [2.45, 2.75) is 18.9 Å². The molecule has 12 heavy (non-hydrogen) atoms. The van der Waals surface area contributed by atoms with Crippen LogP contribution in [0.4, 0.5) is 5.82 Å². The number of anilines is 1. The summed E-state index contributed by atoms with van der Waals surface area (Å²) in [6.45, 7) is 0. The molecule has 0 aliphatic heterocycles. The largest absolute Gasteiger partial charge is 0.366 e. The zero-order chi connectivity index (χ0) is 8.39. The van der Waals surface area contributed by atoms with Gasteiger partial charge in [0.2, 0.25) is 0 Å². The summed E-state index contributed by atoms with van der Waals surface area (Å²) in [7, 11) is 0. The van der Waals surface area contributed by atoms with Crippen molar-refractivity contribution in [1.29, 1.82) is 5.26 Å². The average molecular weight is 160 g/mol. The smallest absolute Gasteiger partial charge is 0.158 e. The maximum absolute atomic E-state index is 8.45. The number of hydrogen-bond donors (Lipinski definition) is 1. The molecule has 1 aromatic heterocycles. The first-order chi connectivity index (χ1) is 5.88. The van der Waals surface area contributed by atoms with E-state index in [1.165, 1.54) is 19.0 Å². The van der Waals surface area contributed by atoms with E-state index in [0.717, 1.165) is 5.82 Å². The molecule has 4 heteroatoms. The number of nitriles is 1. The molecule has 0 spiro atoms. The van der Waals surface area contributed by atoms with Crippen LogP contribution in [0.2, 0.25) is 0 Å². The Hall–Kier alpha value is -1.63. The Balaban J connectivity index is 2.08. The molecule has 1 heterocycles. The van der Waals surface area contributed by atoms with E-state index in [2.05, 4.69) is 15.3 Å². The van der Waals surface area contributed by atoms with Crippen molar-refractivity contribution in [3.8, 4) is 6.07 Å². The van der Waals surface area contributed by atoms with Crippen molar-refractivity contribution in [3.63, 3.8) is 0 Å². The molecule has 0 atom stereocenters. The van der Waals surface area contributed by atoms with Crippen LogP contribution in [0.15, 0.2) is 12.4 Å². The molecule has 2 rings (SSSR count). The predicted molar refractivity (Wildman–Crippen MR) is 43.4 cm³/mol. The number of hydrogen-bond acceptors (Lipinski definition) is 4. The van der Waals surface area contributed by atoms with Crippen LogP contribution in [0.25, 0.3) is 0 Å². The summed E-state index contributed by atoms with van der Waals surface area (Å²) in [6, 6.07) is 2.50. The Bertz CT molecular complexity index is 307. The van der Waals surface area contributed by atoms with Crippen LogP contribution in [0, 0.1) is 11.3 Å². The van der Waals surface area contributed by atoms with Crippen LogP contribution in [0.5, 0.6) is 0 Å². The van der Waals surface area contributed by atoms with Gasteiger partial charge >= 0.3 is 0 Å². The van der Waals surface area contributed by atoms with E-state index in [0.29, 0.717) is 11.7 Å². The minimum absolute atomic E-state index is 0.358. The summed E-state index contributed by atoms with van der Waals surface area (Å²) in [5.41, 5.74) is 0.358. The number of aromatic nitrogens is 2. The van der Waals surface area contributed by atoms with Crippen LogP contribution in [0.3, 0.4) is 0 Å². The van der Waals surface area contributed by atoms with Gasteiger partial charge in [0, 0.05) is 6.04 Å². The fraction of sp³-hybridized carbons (Fsp3) is 0.375. The second-order valence-corrected chi connectivity index (χ2v) is 2.82. The minimum Gasteiger partial charge on any atom is -0.366 e. The fourth-order valence-corrected chi connectivity index (χ4v) is 0.897. The molecule has 0 unspecified atom stereocenters. The second kappa shape index (κ2) is 2.78. The van der Waals surface area contributed by atoms with Crippen molar-refractivity contribution in [2.75, 3.05) is 5.32 Å². The summed E-state index contributed by atoms with van der Waals surface area (Å²) in [5, 5.41) is 11.6. The number of rotatable bonds is 2. The van der Waals surface area contributed by atoms with Crippen molar-refractivity contribution in [1.82, 2.24) is 9.97 Å². The summed E-state index contributed by atoms with van der Waals surface area (Å²) in [6.07, 6.45) is 5.49. The molecule has 1 aliphatic carbocycles. The van der Waals surface area contributed by atoms with E-state index < -0.39 is 0 Å². The molecule has 0 radical (unpaired) electrons. The first-order valence-corrected chi connectivity index (χ1v) is 3.87. The molecule has 4 nitrogen and oxygen atoms in total. The molecule has 1 fully saturated rings. The Morgan fingerprint density at radius 3 is 2.75 bits per heavy atom. The summed E-state index contributed by atoms with van der Waals surface area (Å²) < 4.78 is 0. The SMILES string of the molecule is N#Cc1cnc(NC2CC2)cn1. The molecule has 1 aromatic rings. The van der Waals surface area contributed by atoms with Crippen molar-refractivity contribution in [3.05, 3.63) is 18.1 Å². The van der Waals surface area contributed by atoms with Gasteiger partial charge in [-0.1, -0.05) is 0 Å². The Morgan fingerprint density at radius 1 is 1.42 bits per heavy atom. The van der Waals surface area contributed by atoms with Gasteiger partial charge in [-0.25, -0.2) is 9.97 Å². The standard InChI is InChI=1S/C8H8N4/c9-3-7-4-11-8(5-10-7)12-6-1-2-6/h4-6H,1-2H2,(H,11,12). The molecule has 0 saturated heterocycles. The minimum atomic E-state index is 0.358. The van der Waals surface area contributed by atoms with Gasteiger partial charge in [-0.3, -0.25) is 0 Å². The van der Waals surface area contributed by atoms with Crippen LogP contribution in [-0.2, 0) is 0 Å². The third kappa shape index (κ3) is 1.51. The van der Waals surface area contributed by atoms with Crippen LogP contribution in [0.1, 0.15) is 18.5 Å². The molecular weight excluding hydrogens is 152 g/mol. The van der Waals surface area contributed by atoms with E-state index in [1.807, 2.05) is 6.07 Å². The van der Waals surface area contributed by atoms with Crippen molar-refractivity contribution < 1.29 is 0 Å². The highest BCUT2D eigenvalue weighted by atomic mass is 15.0.